The van der Waals surface area contributed by atoms with E-state index in [-0.39, 0.29) is 8.46 Å². The predicted molar refractivity (Wildman–Crippen MR) is 96.3 cm³/mol. The Labute approximate surface area is 136 Å². The van der Waals surface area contributed by atoms with Crippen LogP contribution >= 0.6 is 8.46 Å². The fraction of sp³-hybridized carbons (Fsp3) is 0.400. The second-order valence-corrected chi connectivity index (χ2v) is 6.61. The molecule has 0 aliphatic rings. The first-order valence-electron chi connectivity index (χ1n) is 8.36. The zero-order chi connectivity index (χ0) is 15.5. The van der Waals surface area contributed by atoms with Crippen LogP contribution in [0, 0.1) is 0 Å². The first kappa shape index (κ1) is 16.9. The Morgan fingerprint density at radius 1 is 0.682 bits per heavy atom. The molecule has 0 amide bonds. The summed E-state index contributed by atoms with van der Waals surface area (Å²) in [5.41, 5.74) is 2.84. The SMILES string of the molecule is O=[PH+]CCCCCCCC(c1ccccc1)c1ccccc1. The summed E-state index contributed by atoms with van der Waals surface area (Å²) in [6.45, 7) is 0. The molecule has 0 aliphatic carbocycles. The Hall–Kier alpha value is -1.46. The average molecular weight is 313 g/mol. The summed E-state index contributed by atoms with van der Waals surface area (Å²) in [5.74, 6) is 0.505. The number of hydrogen-bond acceptors (Lipinski definition) is 1. The highest BCUT2D eigenvalue weighted by Gasteiger charge is 2.13. The maximum atomic E-state index is 10.4. The van der Waals surface area contributed by atoms with Gasteiger partial charge in [0.2, 0.25) is 0 Å². The number of unbranched alkanes of at least 4 members (excludes halogenated alkanes) is 4. The van der Waals surface area contributed by atoms with E-state index in [1.54, 1.807) is 0 Å². The smallest absolute Gasteiger partial charge is 0.0775 e. The molecule has 2 aromatic carbocycles. The molecule has 0 heterocycles. The normalized spacial score (nSPS) is 11.1. The lowest BCUT2D eigenvalue weighted by Crippen LogP contribution is -2.01. The molecule has 0 radical (unpaired) electrons. The fourth-order valence-electron chi connectivity index (χ4n) is 2.97. The van der Waals surface area contributed by atoms with Gasteiger partial charge in [0.15, 0.2) is 0 Å². The molecule has 1 atom stereocenters. The Morgan fingerprint density at radius 2 is 1.18 bits per heavy atom. The number of benzene rings is 2. The van der Waals surface area contributed by atoms with Crippen molar-refractivity contribution in [2.45, 2.75) is 44.4 Å². The molecule has 0 aromatic heterocycles. The summed E-state index contributed by atoms with van der Waals surface area (Å²) in [5, 5.41) is 0. The minimum Gasteiger partial charge on any atom is -0.0775 e. The number of rotatable bonds is 10. The van der Waals surface area contributed by atoms with Crippen molar-refractivity contribution < 1.29 is 4.57 Å². The van der Waals surface area contributed by atoms with Crippen LogP contribution in [0.3, 0.4) is 0 Å². The predicted octanol–water partition coefficient (Wildman–Crippen LogP) is 6.18. The van der Waals surface area contributed by atoms with Gasteiger partial charge in [-0.05, 0) is 30.4 Å². The van der Waals surface area contributed by atoms with Crippen molar-refractivity contribution in [2.24, 2.45) is 0 Å². The largest absolute Gasteiger partial charge is 0.324 e. The monoisotopic (exact) mass is 313 g/mol. The van der Waals surface area contributed by atoms with Crippen LogP contribution in [-0.2, 0) is 4.57 Å². The molecule has 1 unspecified atom stereocenters. The maximum absolute atomic E-state index is 10.4. The Morgan fingerprint density at radius 3 is 1.73 bits per heavy atom. The van der Waals surface area contributed by atoms with E-state index >= 15 is 0 Å². The third-order valence-electron chi connectivity index (χ3n) is 4.18. The third-order valence-corrected chi connectivity index (χ3v) is 4.73. The van der Waals surface area contributed by atoms with Crippen LogP contribution < -0.4 is 0 Å². The maximum Gasteiger partial charge on any atom is 0.324 e. The molecule has 0 spiro atoms. The molecule has 0 aliphatic heterocycles. The molecule has 1 nitrogen and oxygen atoms in total. The van der Waals surface area contributed by atoms with E-state index in [1.165, 1.54) is 43.2 Å². The molecule has 2 rings (SSSR count). The van der Waals surface area contributed by atoms with E-state index in [1.807, 2.05) is 0 Å². The second-order valence-electron chi connectivity index (χ2n) is 5.82. The number of hydrogen-bond donors (Lipinski definition) is 0. The van der Waals surface area contributed by atoms with Crippen molar-refractivity contribution in [3.05, 3.63) is 71.8 Å². The summed E-state index contributed by atoms with van der Waals surface area (Å²) in [7, 11) is -0.122. The molecule has 0 bridgehead atoms. The van der Waals surface area contributed by atoms with Crippen LogP contribution in [0.25, 0.3) is 0 Å². The highest BCUT2D eigenvalue weighted by molar-refractivity contribution is 7.23. The summed E-state index contributed by atoms with van der Waals surface area (Å²) in [6, 6.07) is 21.7. The highest BCUT2D eigenvalue weighted by Crippen LogP contribution is 2.29. The van der Waals surface area contributed by atoms with Crippen LogP contribution in [0.15, 0.2) is 60.7 Å². The quantitative estimate of drug-likeness (QED) is 0.378. The lowest BCUT2D eigenvalue weighted by atomic mass is 9.87. The van der Waals surface area contributed by atoms with Gasteiger partial charge in [0.25, 0.3) is 0 Å². The third kappa shape index (κ3) is 5.73. The minimum atomic E-state index is -0.122. The van der Waals surface area contributed by atoms with Crippen molar-refractivity contribution in [1.29, 1.82) is 0 Å². The van der Waals surface area contributed by atoms with Crippen molar-refractivity contribution in [2.75, 3.05) is 6.16 Å². The van der Waals surface area contributed by atoms with Crippen molar-refractivity contribution in [3.8, 4) is 0 Å². The fourth-order valence-corrected chi connectivity index (χ4v) is 3.37. The van der Waals surface area contributed by atoms with Crippen molar-refractivity contribution in [3.63, 3.8) is 0 Å². The molecular formula is C20H26OP+. The Balaban J connectivity index is 1.88. The zero-order valence-corrected chi connectivity index (χ0v) is 14.2. The molecule has 2 aromatic rings. The lowest BCUT2D eigenvalue weighted by Gasteiger charge is -2.18. The standard InChI is InChI=1S/C20H25OP/c21-22-17-11-3-1-2-10-16-20(18-12-6-4-7-13-18)19-14-8-5-9-15-19/h4-9,12-15,20H,1-3,10-11,16-17H2/p+1. The molecule has 0 saturated carbocycles. The van der Waals surface area contributed by atoms with E-state index in [0.717, 1.165) is 12.6 Å². The van der Waals surface area contributed by atoms with Gasteiger partial charge in [0.05, 0.1) is 0 Å². The Bertz CT molecular complexity index is 484. The van der Waals surface area contributed by atoms with Gasteiger partial charge in [-0.15, -0.1) is 0 Å². The van der Waals surface area contributed by atoms with E-state index < -0.39 is 0 Å². The first-order valence-corrected chi connectivity index (χ1v) is 9.48. The van der Waals surface area contributed by atoms with Gasteiger partial charge < -0.3 is 0 Å². The molecule has 22 heavy (non-hydrogen) atoms. The van der Waals surface area contributed by atoms with E-state index in [9.17, 15) is 4.57 Å². The summed E-state index contributed by atoms with van der Waals surface area (Å²) >= 11 is 0. The van der Waals surface area contributed by atoms with Crippen LogP contribution in [0.4, 0.5) is 0 Å². The van der Waals surface area contributed by atoms with Crippen LogP contribution in [0.2, 0.25) is 0 Å². The summed E-state index contributed by atoms with van der Waals surface area (Å²) in [4.78, 5) is 0. The summed E-state index contributed by atoms with van der Waals surface area (Å²) < 4.78 is 10.4. The van der Waals surface area contributed by atoms with Gasteiger partial charge >= 0.3 is 8.46 Å². The van der Waals surface area contributed by atoms with E-state index in [0.29, 0.717) is 5.92 Å². The Kier molecular flexibility index (Phi) is 7.91. The van der Waals surface area contributed by atoms with Gasteiger partial charge in [0, 0.05) is 5.92 Å². The molecule has 0 N–H and O–H groups in total. The van der Waals surface area contributed by atoms with Crippen molar-refractivity contribution >= 4 is 8.46 Å². The first-order chi connectivity index (χ1) is 10.9. The molecule has 2 heteroatoms. The van der Waals surface area contributed by atoms with Gasteiger partial charge in [-0.2, -0.15) is 0 Å². The zero-order valence-electron chi connectivity index (χ0n) is 13.2. The topological polar surface area (TPSA) is 17.1 Å². The van der Waals surface area contributed by atoms with Gasteiger partial charge in [-0.25, -0.2) is 0 Å². The second kappa shape index (κ2) is 10.3. The molecule has 0 fully saturated rings. The van der Waals surface area contributed by atoms with Crippen LogP contribution in [0.5, 0.6) is 0 Å². The molecule has 116 valence electrons. The molecule has 0 saturated heterocycles. The van der Waals surface area contributed by atoms with E-state index in [4.69, 9.17) is 0 Å². The van der Waals surface area contributed by atoms with Gasteiger partial charge in [-0.1, -0.05) is 84.5 Å². The van der Waals surface area contributed by atoms with Crippen molar-refractivity contribution in [1.82, 2.24) is 0 Å². The van der Waals surface area contributed by atoms with Crippen LogP contribution in [-0.4, -0.2) is 6.16 Å². The van der Waals surface area contributed by atoms with Gasteiger partial charge in [0.1, 0.15) is 6.16 Å². The van der Waals surface area contributed by atoms with Crippen LogP contribution in [0.1, 0.15) is 55.6 Å². The highest BCUT2D eigenvalue weighted by atomic mass is 31.1. The minimum absolute atomic E-state index is 0.122. The average Bonchev–Trinajstić information content (AvgIpc) is 2.59. The summed E-state index contributed by atoms with van der Waals surface area (Å²) in [6.07, 6.45) is 8.21. The van der Waals surface area contributed by atoms with Gasteiger partial charge in [-0.3, -0.25) is 0 Å². The lowest BCUT2D eigenvalue weighted by molar-refractivity contribution is 0.575. The molecular weight excluding hydrogens is 287 g/mol. The van der Waals surface area contributed by atoms with E-state index in [2.05, 4.69) is 60.7 Å².